The van der Waals surface area contributed by atoms with Crippen LogP contribution in [0.3, 0.4) is 0 Å². The van der Waals surface area contributed by atoms with Gasteiger partial charge in [-0.15, -0.1) is 0 Å². The SMILES string of the molecule is Cc1oc(=O)oc1C[N+](C)(C)C. The number of hydrogen-bond acceptors (Lipinski definition) is 3. The van der Waals surface area contributed by atoms with E-state index in [0.717, 1.165) is 0 Å². The summed E-state index contributed by atoms with van der Waals surface area (Å²) in [5.41, 5.74) is 0. The lowest BCUT2D eigenvalue weighted by Gasteiger charge is -2.21. The average Bonchev–Trinajstić information content (AvgIpc) is 2.06. The molecule has 1 aromatic rings. The van der Waals surface area contributed by atoms with Gasteiger partial charge in [0.05, 0.1) is 21.1 Å². The molecule has 68 valence electrons. The molecule has 0 spiro atoms. The molecule has 0 N–H and O–H groups in total. The molecule has 1 rings (SSSR count). The van der Waals surface area contributed by atoms with Crippen molar-refractivity contribution >= 4 is 0 Å². The molecule has 0 fully saturated rings. The molecule has 0 aliphatic heterocycles. The molecule has 0 radical (unpaired) electrons. The van der Waals surface area contributed by atoms with Gasteiger partial charge in [-0.2, -0.15) is 0 Å². The Balaban J connectivity index is 2.90. The van der Waals surface area contributed by atoms with E-state index in [1.165, 1.54) is 0 Å². The largest absolute Gasteiger partial charge is 0.519 e. The van der Waals surface area contributed by atoms with Crippen molar-refractivity contribution in [1.82, 2.24) is 0 Å². The standard InChI is InChI=1S/C8H14NO3/c1-6-7(5-9(2,3)4)12-8(10)11-6/h5H2,1-4H3/q+1. The summed E-state index contributed by atoms with van der Waals surface area (Å²) in [6, 6.07) is 0. The Morgan fingerprint density at radius 2 is 1.83 bits per heavy atom. The van der Waals surface area contributed by atoms with Gasteiger partial charge in [0.2, 0.25) is 5.76 Å². The Morgan fingerprint density at radius 1 is 1.25 bits per heavy atom. The van der Waals surface area contributed by atoms with Crippen LogP contribution in [0.25, 0.3) is 0 Å². The summed E-state index contributed by atoms with van der Waals surface area (Å²) in [4.78, 5) is 10.7. The van der Waals surface area contributed by atoms with E-state index >= 15 is 0 Å². The first-order valence-electron chi connectivity index (χ1n) is 3.78. The first-order valence-corrected chi connectivity index (χ1v) is 3.78. The molecule has 4 heteroatoms. The molecular formula is C8H14NO3+. The van der Waals surface area contributed by atoms with Gasteiger partial charge in [-0.3, -0.25) is 0 Å². The van der Waals surface area contributed by atoms with Crippen LogP contribution in [0.2, 0.25) is 0 Å². The van der Waals surface area contributed by atoms with Crippen LogP contribution in [0, 0.1) is 6.92 Å². The summed E-state index contributed by atoms with van der Waals surface area (Å²) in [5, 5.41) is 0. The van der Waals surface area contributed by atoms with E-state index < -0.39 is 5.82 Å². The Morgan fingerprint density at radius 3 is 2.17 bits per heavy atom. The Labute approximate surface area is 71.0 Å². The highest BCUT2D eigenvalue weighted by Gasteiger charge is 2.16. The minimum atomic E-state index is -0.615. The summed E-state index contributed by atoms with van der Waals surface area (Å²) in [7, 11) is 6.06. The maximum absolute atomic E-state index is 10.7. The van der Waals surface area contributed by atoms with Crippen LogP contribution >= 0.6 is 0 Å². The van der Waals surface area contributed by atoms with Gasteiger partial charge < -0.3 is 13.3 Å². The number of rotatable bonds is 2. The van der Waals surface area contributed by atoms with Crippen molar-refractivity contribution in [3.8, 4) is 0 Å². The monoisotopic (exact) mass is 172 g/mol. The van der Waals surface area contributed by atoms with E-state index in [2.05, 4.69) is 0 Å². The minimum Gasteiger partial charge on any atom is -0.396 e. The highest BCUT2D eigenvalue weighted by Crippen LogP contribution is 2.09. The zero-order valence-electron chi connectivity index (χ0n) is 7.88. The molecular weight excluding hydrogens is 158 g/mol. The van der Waals surface area contributed by atoms with Crippen molar-refractivity contribution in [2.24, 2.45) is 0 Å². The summed E-state index contributed by atoms with van der Waals surface area (Å²) in [6.45, 7) is 2.40. The molecule has 0 amide bonds. The first kappa shape index (κ1) is 9.06. The van der Waals surface area contributed by atoms with Crippen molar-refractivity contribution in [3.05, 3.63) is 22.1 Å². The highest BCUT2D eigenvalue weighted by molar-refractivity contribution is 4.98. The molecule has 12 heavy (non-hydrogen) atoms. The predicted molar refractivity (Wildman–Crippen MR) is 43.7 cm³/mol. The number of quaternary nitrogens is 1. The van der Waals surface area contributed by atoms with Crippen molar-refractivity contribution < 1.29 is 13.3 Å². The molecule has 4 nitrogen and oxygen atoms in total. The fraction of sp³-hybridized carbons (Fsp3) is 0.625. The number of aryl methyl sites for hydroxylation is 1. The summed E-state index contributed by atoms with van der Waals surface area (Å²) < 4.78 is 10.3. The van der Waals surface area contributed by atoms with E-state index in [1.807, 2.05) is 21.1 Å². The van der Waals surface area contributed by atoms with Crippen molar-refractivity contribution in [2.45, 2.75) is 13.5 Å². The molecule has 0 saturated heterocycles. The Bertz CT molecular complexity index is 316. The molecule has 0 aromatic carbocycles. The molecule has 0 atom stereocenters. The van der Waals surface area contributed by atoms with Crippen molar-refractivity contribution in [2.75, 3.05) is 21.1 Å². The van der Waals surface area contributed by atoms with E-state index in [-0.39, 0.29) is 0 Å². The Kier molecular flexibility index (Phi) is 2.10. The third-order valence-corrected chi connectivity index (χ3v) is 1.45. The van der Waals surface area contributed by atoms with Gasteiger partial charge in [0.15, 0.2) is 5.76 Å². The maximum atomic E-state index is 10.7. The lowest BCUT2D eigenvalue weighted by Crippen LogP contribution is -2.33. The van der Waals surface area contributed by atoms with Crippen LogP contribution in [0.5, 0.6) is 0 Å². The van der Waals surface area contributed by atoms with Gasteiger partial charge in [0, 0.05) is 0 Å². The van der Waals surface area contributed by atoms with Gasteiger partial charge >= 0.3 is 5.82 Å². The maximum Gasteiger partial charge on any atom is 0.519 e. The van der Waals surface area contributed by atoms with Crippen LogP contribution < -0.4 is 5.82 Å². The third kappa shape index (κ3) is 2.23. The normalized spacial score (nSPS) is 12.0. The second kappa shape index (κ2) is 2.79. The van der Waals surface area contributed by atoms with Crippen LogP contribution in [0.15, 0.2) is 13.6 Å². The molecule has 1 aromatic heterocycles. The smallest absolute Gasteiger partial charge is 0.396 e. The zero-order chi connectivity index (χ0) is 9.35. The van der Waals surface area contributed by atoms with E-state index in [1.54, 1.807) is 6.92 Å². The quantitative estimate of drug-likeness (QED) is 0.618. The van der Waals surface area contributed by atoms with Crippen molar-refractivity contribution in [1.29, 1.82) is 0 Å². The van der Waals surface area contributed by atoms with Gasteiger partial charge in [-0.05, 0) is 6.92 Å². The van der Waals surface area contributed by atoms with Crippen LogP contribution in [0.1, 0.15) is 11.5 Å². The predicted octanol–water partition coefficient (Wildman–Crippen LogP) is 0.747. The van der Waals surface area contributed by atoms with Gasteiger partial charge in [-0.1, -0.05) is 0 Å². The lowest BCUT2D eigenvalue weighted by atomic mass is 10.3. The lowest BCUT2D eigenvalue weighted by molar-refractivity contribution is -0.885. The first-order chi connectivity index (χ1) is 5.38. The van der Waals surface area contributed by atoms with Gasteiger partial charge in [0.25, 0.3) is 0 Å². The van der Waals surface area contributed by atoms with Crippen LogP contribution in [0.4, 0.5) is 0 Å². The molecule has 1 heterocycles. The van der Waals surface area contributed by atoms with Crippen molar-refractivity contribution in [3.63, 3.8) is 0 Å². The molecule has 0 bridgehead atoms. The second-order valence-electron chi connectivity index (χ2n) is 3.88. The van der Waals surface area contributed by atoms with E-state index in [9.17, 15) is 4.79 Å². The van der Waals surface area contributed by atoms with Gasteiger partial charge in [-0.25, -0.2) is 4.79 Å². The van der Waals surface area contributed by atoms with Crippen LogP contribution in [-0.4, -0.2) is 25.6 Å². The third-order valence-electron chi connectivity index (χ3n) is 1.45. The molecule has 0 aliphatic carbocycles. The molecule has 0 aliphatic rings. The summed E-state index contributed by atoms with van der Waals surface area (Å²) in [6.07, 6.45) is 0. The van der Waals surface area contributed by atoms with Crippen LogP contribution in [-0.2, 0) is 6.54 Å². The topological polar surface area (TPSA) is 43.4 Å². The average molecular weight is 172 g/mol. The number of nitrogens with zero attached hydrogens (tertiary/aromatic N) is 1. The van der Waals surface area contributed by atoms with E-state index in [4.69, 9.17) is 8.83 Å². The fourth-order valence-electron chi connectivity index (χ4n) is 0.950. The zero-order valence-corrected chi connectivity index (χ0v) is 7.88. The summed E-state index contributed by atoms with van der Waals surface area (Å²) >= 11 is 0. The van der Waals surface area contributed by atoms with Gasteiger partial charge in [0.1, 0.15) is 6.54 Å². The molecule has 0 saturated carbocycles. The molecule has 0 unspecified atom stereocenters. The number of hydrogen-bond donors (Lipinski definition) is 0. The summed E-state index contributed by atoms with van der Waals surface area (Å²) in [5.74, 6) is 0.594. The Hall–Kier alpha value is -1.03. The minimum absolute atomic E-state index is 0.577. The fourth-order valence-corrected chi connectivity index (χ4v) is 0.950. The second-order valence-corrected chi connectivity index (χ2v) is 3.88. The highest BCUT2D eigenvalue weighted by atomic mass is 16.6. The van der Waals surface area contributed by atoms with E-state index in [0.29, 0.717) is 22.5 Å².